The lowest BCUT2D eigenvalue weighted by atomic mass is 9.88. The highest BCUT2D eigenvalue weighted by Gasteiger charge is 2.62. The molecule has 2 aliphatic carbocycles. The van der Waals surface area contributed by atoms with E-state index in [-0.39, 0.29) is 23.8 Å². The van der Waals surface area contributed by atoms with E-state index in [1.54, 1.807) is 24.8 Å². The van der Waals surface area contributed by atoms with Crippen molar-refractivity contribution in [2.24, 2.45) is 11.8 Å². The Kier molecular flexibility index (Phi) is 3.73. The lowest BCUT2D eigenvalue weighted by molar-refractivity contribution is 0.0289. The van der Waals surface area contributed by atoms with Gasteiger partial charge >= 0.3 is 0 Å². The Morgan fingerprint density at radius 1 is 1.15 bits per heavy atom. The van der Waals surface area contributed by atoms with Crippen molar-refractivity contribution in [3.8, 4) is 0 Å². The van der Waals surface area contributed by atoms with Gasteiger partial charge in [-0.25, -0.2) is 4.98 Å². The summed E-state index contributed by atoms with van der Waals surface area (Å²) in [7, 11) is 0. The van der Waals surface area contributed by atoms with Crippen LogP contribution in [0.2, 0.25) is 10.0 Å². The second-order valence-electron chi connectivity index (χ2n) is 7.42. The molecule has 3 heterocycles. The van der Waals surface area contributed by atoms with Crippen molar-refractivity contribution in [1.29, 1.82) is 0 Å². The Morgan fingerprint density at radius 3 is 2.67 bits per heavy atom. The van der Waals surface area contributed by atoms with Gasteiger partial charge in [0.1, 0.15) is 0 Å². The summed E-state index contributed by atoms with van der Waals surface area (Å²) in [5.74, 6) is 0.301. The third-order valence-corrected chi connectivity index (χ3v) is 6.14. The Balaban J connectivity index is 1.33. The van der Waals surface area contributed by atoms with E-state index in [1.807, 2.05) is 10.5 Å². The summed E-state index contributed by atoms with van der Waals surface area (Å²) in [6.07, 6.45) is 9.33. The van der Waals surface area contributed by atoms with Crippen LogP contribution in [0.4, 0.5) is 0 Å². The van der Waals surface area contributed by atoms with Crippen molar-refractivity contribution in [2.45, 2.75) is 24.5 Å². The van der Waals surface area contributed by atoms with Crippen LogP contribution in [-0.4, -0.2) is 31.4 Å². The van der Waals surface area contributed by atoms with Gasteiger partial charge in [0, 0.05) is 30.2 Å². The number of imidazole rings is 1. The fourth-order valence-electron chi connectivity index (χ4n) is 4.44. The van der Waals surface area contributed by atoms with Crippen molar-refractivity contribution in [3.05, 3.63) is 64.4 Å². The Morgan fingerprint density at radius 2 is 1.93 bits per heavy atom. The molecule has 0 radical (unpaired) electrons. The van der Waals surface area contributed by atoms with Crippen LogP contribution in [0.15, 0.2) is 43.2 Å². The average Bonchev–Trinajstić information content (AvgIpc) is 3.01. The largest absolute Gasteiger partial charge is 0.385 e. The molecule has 0 aliphatic heterocycles. The van der Waals surface area contributed by atoms with E-state index in [0.29, 0.717) is 28.5 Å². The zero-order chi connectivity index (χ0) is 18.8. The van der Waals surface area contributed by atoms with E-state index in [1.165, 1.54) is 12.4 Å². The number of hydrogen-bond acceptors (Lipinski definition) is 4. The normalized spacial score (nSPS) is 28.9. The summed E-state index contributed by atoms with van der Waals surface area (Å²) in [5, 5.41) is 15.3. The Labute approximate surface area is 165 Å². The highest BCUT2D eigenvalue weighted by molar-refractivity contribution is 6.31. The van der Waals surface area contributed by atoms with Crippen LogP contribution in [0.3, 0.4) is 0 Å². The molecule has 2 unspecified atom stereocenters. The minimum atomic E-state index is -0.958. The van der Waals surface area contributed by atoms with Crippen LogP contribution >= 0.6 is 23.2 Å². The zero-order valence-corrected chi connectivity index (χ0v) is 15.7. The number of nitrogens with zero attached hydrogens (tertiary/aromatic N) is 3. The number of halogens is 2. The van der Waals surface area contributed by atoms with Gasteiger partial charge in [-0.3, -0.25) is 9.78 Å². The molecule has 1 amide bonds. The first-order valence-corrected chi connectivity index (χ1v) is 9.46. The third-order valence-electron chi connectivity index (χ3n) is 5.73. The summed E-state index contributed by atoms with van der Waals surface area (Å²) < 4.78 is 1.82. The molecular weight excluding hydrogens is 387 g/mol. The van der Waals surface area contributed by atoms with Crippen molar-refractivity contribution < 1.29 is 9.90 Å². The minimum Gasteiger partial charge on any atom is -0.385 e. The maximum Gasteiger partial charge on any atom is 0.253 e. The van der Waals surface area contributed by atoms with Gasteiger partial charge in [-0.1, -0.05) is 23.2 Å². The predicted octanol–water partition coefficient (Wildman–Crippen LogP) is 3.06. The lowest BCUT2D eigenvalue weighted by Gasteiger charge is -2.27. The monoisotopic (exact) mass is 402 g/mol. The van der Waals surface area contributed by atoms with Crippen molar-refractivity contribution in [1.82, 2.24) is 19.7 Å². The molecule has 2 fully saturated rings. The molecule has 2 N–H and O–H groups in total. The summed E-state index contributed by atoms with van der Waals surface area (Å²) in [6, 6.07) is 3.48. The van der Waals surface area contributed by atoms with Crippen LogP contribution in [0.1, 0.15) is 28.8 Å². The number of hydrogen-bond donors (Lipinski definition) is 2. The Hall–Kier alpha value is -2.15. The number of fused-ring (bicyclic) bond motifs is 2. The van der Waals surface area contributed by atoms with Crippen LogP contribution in [0.5, 0.6) is 0 Å². The molecule has 2 saturated carbocycles. The lowest BCUT2D eigenvalue weighted by Crippen LogP contribution is -2.33. The molecule has 0 bridgehead atoms. The molecule has 3 aromatic rings. The predicted molar refractivity (Wildman–Crippen MR) is 101 cm³/mol. The van der Waals surface area contributed by atoms with E-state index in [4.69, 9.17) is 23.2 Å². The SMILES string of the molecule is O=C(NC1C2CC(O)(c3cc(Cl)cn4cncc34)CC21)c1cncc(Cl)c1. The van der Waals surface area contributed by atoms with E-state index < -0.39 is 5.60 Å². The number of carbonyl (C=O) groups is 1. The van der Waals surface area contributed by atoms with E-state index >= 15 is 0 Å². The van der Waals surface area contributed by atoms with Crippen LogP contribution in [-0.2, 0) is 5.60 Å². The van der Waals surface area contributed by atoms with Gasteiger partial charge in [-0.2, -0.15) is 0 Å². The summed E-state index contributed by atoms with van der Waals surface area (Å²) in [6.45, 7) is 0. The minimum absolute atomic E-state index is 0.0665. The summed E-state index contributed by atoms with van der Waals surface area (Å²) >= 11 is 12.1. The van der Waals surface area contributed by atoms with Gasteiger partial charge in [0.2, 0.25) is 0 Å². The standard InChI is InChI=1S/C19H16Cl2N4O2/c20-11-1-10(5-22-6-11)18(26)24-17-13-3-19(27,4-14(13)17)15-2-12(21)8-25-9-23-7-16(15)25/h1-2,5-9,13-14,17,27H,3-4H2,(H,24,26). The van der Waals surface area contributed by atoms with Crippen LogP contribution in [0, 0.1) is 11.8 Å². The van der Waals surface area contributed by atoms with Gasteiger partial charge in [0.15, 0.2) is 0 Å². The number of carbonyl (C=O) groups excluding carboxylic acids is 1. The van der Waals surface area contributed by atoms with Gasteiger partial charge < -0.3 is 14.8 Å². The Bertz CT molecular complexity index is 1050. The molecule has 138 valence electrons. The van der Waals surface area contributed by atoms with Crippen molar-refractivity contribution in [3.63, 3.8) is 0 Å². The first-order valence-electron chi connectivity index (χ1n) is 8.70. The number of aromatic nitrogens is 3. The second-order valence-corrected chi connectivity index (χ2v) is 8.29. The smallest absolute Gasteiger partial charge is 0.253 e. The molecular formula is C19H16Cl2N4O2. The number of amides is 1. The maximum atomic E-state index is 12.4. The number of nitrogens with one attached hydrogen (secondary N) is 1. The second kappa shape index (κ2) is 5.92. The molecule has 0 saturated heterocycles. The zero-order valence-electron chi connectivity index (χ0n) is 14.1. The molecule has 8 heteroatoms. The summed E-state index contributed by atoms with van der Waals surface area (Å²) in [4.78, 5) is 20.5. The average molecular weight is 403 g/mol. The molecule has 2 aliphatic rings. The highest BCUT2D eigenvalue weighted by atomic mass is 35.5. The van der Waals surface area contributed by atoms with E-state index in [9.17, 15) is 9.90 Å². The molecule has 27 heavy (non-hydrogen) atoms. The molecule has 0 aromatic carbocycles. The van der Waals surface area contributed by atoms with Crippen LogP contribution in [0.25, 0.3) is 5.52 Å². The molecule has 3 aromatic heterocycles. The molecule has 5 rings (SSSR count). The number of aliphatic hydroxyl groups is 1. The van der Waals surface area contributed by atoms with Gasteiger partial charge in [0.25, 0.3) is 5.91 Å². The summed E-state index contributed by atoms with van der Waals surface area (Å²) in [5.41, 5.74) is 1.14. The highest BCUT2D eigenvalue weighted by Crippen LogP contribution is 2.60. The third kappa shape index (κ3) is 2.79. The van der Waals surface area contributed by atoms with Crippen molar-refractivity contribution in [2.75, 3.05) is 0 Å². The van der Waals surface area contributed by atoms with Gasteiger partial charge in [0.05, 0.1) is 39.3 Å². The quantitative estimate of drug-likeness (QED) is 0.705. The van der Waals surface area contributed by atoms with Crippen LogP contribution < -0.4 is 5.32 Å². The fraction of sp³-hybridized carbons (Fsp3) is 0.316. The first kappa shape index (κ1) is 17.0. The van der Waals surface area contributed by atoms with E-state index in [2.05, 4.69) is 15.3 Å². The number of rotatable bonds is 3. The topological polar surface area (TPSA) is 79.5 Å². The molecule has 0 spiro atoms. The number of pyridine rings is 2. The van der Waals surface area contributed by atoms with E-state index in [0.717, 1.165) is 11.1 Å². The maximum absolute atomic E-state index is 12.4. The molecule has 6 nitrogen and oxygen atoms in total. The van der Waals surface area contributed by atoms with Gasteiger partial charge in [-0.15, -0.1) is 0 Å². The van der Waals surface area contributed by atoms with Crippen molar-refractivity contribution >= 4 is 34.6 Å². The van der Waals surface area contributed by atoms with Gasteiger partial charge in [-0.05, 0) is 36.8 Å². The fourth-order valence-corrected chi connectivity index (χ4v) is 4.83. The molecule has 2 atom stereocenters. The first-order chi connectivity index (χ1) is 12.9.